The first-order valence-corrected chi connectivity index (χ1v) is 10.9. The quantitative estimate of drug-likeness (QED) is 0.291. The van der Waals surface area contributed by atoms with Crippen LogP contribution in [-0.2, 0) is 13.2 Å². The van der Waals surface area contributed by atoms with Gasteiger partial charge in [0.25, 0.3) is 5.24 Å². The number of carboxylic acids is 1. The largest absolute Gasteiger partial charge is 0.489 e. The van der Waals surface area contributed by atoms with E-state index in [1.165, 1.54) is 12.1 Å². The summed E-state index contributed by atoms with van der Waals surface area (Å²) in [6.07, 6.45) is 0. The Labute approximate surface area is 203 Å². The second-order valence-corrected chi connectivity index (χ2v) is 7.52. The lowest BCUT2D eigenvalue weighted by Gasteiger charge is -2.06. The third-order valence-corrected chi connectivity index (χ3v) is 4.90. The fraction of sp³-hybridized carbons (Fsp3) is 0.0714. The lowest BCUT2D eigenvalue weighted by Crippen LogP contribution is -1.97. The number of aromatic carboxylic acids is 1. The highest BCUT2D eigenvalue weighted by Crippen LogP contribution is 2.16. The first-order valence-electron chi connectivity index (χ1n) is 10.5. The molecule has 4 aromatic rings. The Balaban J connectivity index is 0.000000191. The van der Waals surface area contributed by atoms with E-state index in [1.807, 2.05) is 60.7 Å². The van der Waals surface area contributed by atoms with Crippen molar-refractivity contribution in [3.05, 3.63) is 131 Å². The summed E-state index contributed by atoms with van der Waals surface area (Å²) >= 11 is 5.35. The van der Waals surface area contributed by atoms with Crippen LogP contribution in [0.1, 0.15) is 31.8 Å². The maximum atomic E-state index is 10.9. The SMILES string of the molecule is O=C(Cl)c1ccc(OCc2ccccc2)cc1.O=C(O)c1ccc(OCc2ccccc2)cc1. The van der Waals surface area contributed by atoms with Crippen molar-refractivity contribution in [2.75, 3.05) is 0 Å². The average molecular weight is 475 g/mol. The molecule has 0 saturated carbocycles. The average Bonchev–Trinajstić information content (AvgIpc) is 2.88. The van der Waals surface area contributed by atoms with Crippen molar-refractivity contribution >= 4 is 22.8 Å². The monoisotopic (exact) mass is 474 g/mol. The highest BCUT2D eigenvalue weighted by molar-refractivity contribution is 6.67. The molecule has 6 heteroatoms. The van der Waals surface area contributed by atoms with Gasteiger partial charge < -0.3 is 14.6 Å². The molecule has 0 spiro atoms. The topological polar surface area (TPSA) is 72.8 Å². The molecular formula is C28H23ClO5. The van der Waals surface area contributed by atoms with Gasteiger partial charge in [-0.25, -0.2) is 4.79 Å². The van der Waals surface area contributed by atoms with E-state index in [4.69, 9.17) is 26.2 Å². The van der Waals surface area contributed by atoms with Crippen LogP contribution in [0.2, 0.25) is 0 Å². The number of benzene rings is 4. The molecule has 0 unspecified atom stereocenters. The molecule has 0 aromatic heterocycles. The van der Waals surface area contributed by atoms with Gasteiger partial charge in [-0.3, -0.25) is 4.79 Å². The Morgan fingerprint density at radius 2 is 0.971 bits per heavy atom. The Morgan fingerprint density at radius 1 is 0.588 bits per heavy atom. The van der Waals surface area contributed by atoms with Crippen molar-refractivity contribution in [3.63, 3.8) is 0 Å². The zero-order chi connectivity index (χ0) is 24.2. The van der Waals surface area contributed by atoms with E-state index in [0.717, 1.165) is 16.9 Å². The third-order valence-electron chi connectivity index (χ3n) is 4.68. The van der Waals surface area contributed by atoms with Crippen LogP contribution in [0.15, 0.2) is 109 Å². The van der Waals surface area contributed by atoms with Crippen LogP contribution < -0.4 is 9.47 Å². The van der Waals surface area contributed by atoms with Crippen LogP contribution >= 0.6 is 11.6 Å². The second kappa shape index (κ2) is 12.8. The van der Waals surface area contributed by atoms with Gasteiger partial charge in [0.1, 0.15) is 24.7 Å². The van der Waals surface area contributed by atoms with Gasteiger partial charge >= 0.3 is 5.97 Å². The van der Waals surface area contributed by atoms with E-state index >= 15 is 0 Å². The van der Waals surface area contributed by atoms with Crippen molar-refractivity contribution in [2.24, 2.45) is 0 Å². The molecular weight excluding hydrogens is 452 g/mol. The number of carbonyl (C=O) groups is 2. The summed E-state index contributed by atoms with van der Waals surface area (Å²) in [5.41, 5.74) is 2.91. The highest BCUT2D eigenvalue weighted by atomic mass is 35.5. The summed E-state index contributed by atoms with van der Waals surface area (Å²) < 4.78 is 11.1. The molecule has 0 fully saturated rings. The molecule has 0 heterocycles. The van der Waals surface area contributed by atoms with Crippen molar-refractivity contribution in [1.82, 2.24) is 0 Å². The fourth-order valence-corrected chi connectivity index (χ4v) is 2.98. The summed E-state index contributed by atoms with van der Waals surface area (Å²) in [5.74, 6) is 0.453. The summed E-state index contributed by atoms with van der Waals surface area (Å²) in [4.78, 5) is 21.5. The van der Waals surface area contributed by atoms with E-state index in [9.17, 15) is 9.59 Å². The lowest BCUT2D eigenvalue weighted by atomic mass is 10.2. The standard InChI is InChI=1S/C14H11ClO2.C14H12O3/c2*15-14(16)12-6-8-13(9-7-12)17-10-11-4-2-1-3-5-11/h1-9H,10H2;1-9H,10H2,(H,15,16). The Kier molecular flexibility index (Phi) is 9.26. The molecule has 0 aliphatic rings. The highest BCUT2D eigenvalue weighted by Gasteiger charge is 2.03. The summed E-state index contributed by atoms with van der Waals surface area (Å²) in [5, 5.41) is 8.28. The molecule has 1 N–H and O–H groups in total. The second-order valence-electron chi connectivity index (χ2n) is 7.18. The van der Waals surface area contributed by atoms with E-state index in [1.54, 1.807) is 36.4 Å². The molecule has 34 heavy (non-hydrogen) atoms. The maximum absolute atomic E-state index is 10.9. The van der Waals surface area contributed by atoms with Crippen LogP contribution in [0, 0.1) is 0 Å². The Bertz CT molecular complexity index is 1080. The molecule has 5 nitrogen and oxygen atoms in total. The lowest BCUT2D eigenvalue weighted by molar-refractivity contribution is 0.0696. The molecule has 0 amide bonds. The van der Waals surface area contributed by atoms with E-state index in [2.05, 4.69) is 0 Å². The third kappa shape index (κ3) is 8.11. The van der Waals surface area contributed by atoms with Crippen molar-refractivity contribution in [1.29, 1.82) is 0 Å². The summed E-state index contributed by atoms with van der Waals surface area (Å²) in [7, 11) is 0. The number of carbonyl (C=O) groups excluding carboxylic acids is 1. The minimum absolute atomic E-state index is 0.261. The smallest absolute Gasteiger partial charge is 0.335 e. The molecule has 0 bridgehead atoms. The van der Waals surface area contributed by atoms with E-state index in [-0.39, 0.29) is 5.56 Å². The number of rotatable bonds is 8. The molecule has 172 valence electrons. The van der Waals surface area contributed by atoms with Gasteiger partial charge in [-0.2, -0.15) is 0 Å². The first kappa shape index (κ1) is 24.6. The normalized spacial score (nSPS) is 9.91. The molecule has 0 atom stereocenters. The van der Waals surface area contributed by atoms with E-state index < -0.39 is 11.2 Å². The predicted octanol–water partition coefficient (Wildman–Crippen LogP) is 6.61. The van der Waals surface area contributed by atoms with Crippen LogP contribution in [-0.4, -0.2) is 16.3 Å². The molecule has 0 saturated heterocycles. The van der Waals surface area contributed by atoms with Crippen LogP contribution in [0.3, 0.4) is 0 Å². The summed E-state index contributed by atoms with van der Waals surface area (Å²) in [6, 6.07) is 32.8. The van der Waals surface area contributed by atoms with Gasteiger partial charge in [-0.1, -0.05) is 60.7 Å². The van der Waals surface area contributed by atoms with Crippen molar-refractivity contribution in [3.8, 4) is 11.5 Å². The number of halogens is 1. The molecule has 4 rings (SSSR count). The minimum atomic E-state index is -0.931. The van der Waals surface area contributed by atoms with Crippen molar-refractivity contribution in [2.45, 2.75) is 13.2 Å². The van der Waals surface area contributed by atoms with Gasteiger partial charge in [0.15, 0.2) is 0 Å². The molecule has 4 aromatic carbocycles. The summed E-state index contributed by atoms with van der Waals surface area (Å²) in [6.45, 7) is 0.988. The number of ether oxygens (including phenoxy) is 2. The predicted molar refractivity (Wildman–Crippen MR) is 132 cm³/mol. The number of hydrogen-bond acceptors (Lipinski definition) is 4. The van der Waals surface area contributed by atoms with Crippen LogP contribution in [0.4, 0.5) is 0 Å². The van der Waals surface area contributed by atoms with Gasteiger partial charge in [0.2, 0.25) is 0 Å². The van der Waals surface area contributed by atoms with Crippen LogP contribution in [0.25, 0.3) is 0 Å². The van der Waals surface area contributed by atoms with E-state index in [0.29, 0.717) is 24.5 Å². The zero-order valence-electron chi connectivity index (χ0n) is 18.3. The van der Waals surface area contributed by atoms with Gasteiger partial charge in [0.05, 0.1) is 5.56 Å². The van der Waals surface area contributed by atoms with Crippen LogP contribution in [0.5, 0.6) is 11.5 Å². The molecule has 0 aliphatic heterocycles. The zero-order valence-corrected chi connectivity index (χ0v) is 19.0. The van der Waals surface area contributed by atoms with Gasteiger partial charge in [-0.05, 0) is 71.3 Å². The maximum Gasteiger partial charge on any atom is 0.335 e. The van der Waals surface area contributed by atoms with Crippen molar-refractivity contribution < 1.29 is 24.2 Å². The minimum Gasteiger partial charge on any atom is -0.489 e. The number of carboxylic acid groups (broad SMARTS) is 1. The fourth-order valence-electron chi connectivity index (χ4n) is 2.86. The Hall–Kier alpha value is -4.09. The number of hydrogen-bond donors (Lipinski definition) is 1. The van der Waals surface area contributed by atoms with Gasteiger partial charge in [-0.15, -0.1) is 0 Å². The molecule has 0 aliphatic carbocycles. The van der Waals surface area contributed by atoms with Gasteiger partial charge in [0, 0.05) is 5.56 Å². The molecule has 0 radical (unpaired) electrons. The Morgan fingerprint density at radius 3 is 1.32 bits per heavy atom. The first-order chi connectivity index (χ1) is 16.5.